The molecular weight excluding hydrogens is 326 g/mol. The van der Waals surface area contributed by atoms with E-state index in [4.69, 9.17) is 5.73 Å². The predicted molar refractivity (Wildman–Crippen MR) is 95.1 cm³/mol. The zero-order valence-electron chi connectivity index (χ0n) is 13.6. The molecule has 0 unspecified atom stereocenters. The SMILES string of the molecule is CC(C)NS(=O)(=O)c1cccc(CN=C(N)Nc2ccccn2)c1. The lowest BCUT2D eigenvalue weighted by Gasteiger charge is -2.10. The molecular formula is C16H21N5O2S. The van der Waals surface area contributed by atoms with Crippen molar-refractivity contribution in [2.45, 2.75) is 31.3 Å². The van der Waals surface area contributed by atoms with Gasteiger partial charge in [0.1, 0.15) is 5.82 Å². The molecule has 24 heavy (non-hydrogen) atoms. The minimum absolute atomic E-state index is 0.171. The molecule has 0 aliphatic carbocycles. The quantitative estimate of drug-likeness (QED) is 0.544. The lowest BCUT2D eigenvalue weighted by Crippen LogP contribution is -2.30. The van der Waals surface area contributed by atoms with E-state index in [9.17, 15) is 8.42 Å². The zero-order chi connectivity index (χ0) is 17.6. The average molecular weight is 347 g/mol. The second-order valence-electron chi connectivity index (χ2n) is 5.46. The molecule has 0 atom stereocenters. The van der Waals surface area contributed by atoms with E-state index in [0.717, 1.165) is 5.56 Å². The smallest absolute Gasteiger partial charge is 0.240 e. The molecule has 0 bridgehead atoms. The van der Waals surface area contributed by atoms with Crippen molar-refractivity contribution in [2.24, 2.45) is 10.7 Å². The van der Waals surface area contributed by atoms with Crippen molar-refractivity contribution < 1.29 is 8.42 Å². The third-order valence-electron chi connectivity index (χ3n) is 2.95. The van der Waals surface area contributed by atoms with Crippen molar-refractivity contribution in [3.63, 3.8) is 0 Å². The number of sulfonamides is 1. The Morgan fingerprint density at radius 2 is 2.04 bits per heavy atom. The standard InChI is InChI=1S/C16H21N5O2S/c1-12(2)21-24(22,23)14-7-5-6-13(10-14)11-19-16(17)20-15-8-3-4-9-18-15/h3-10,12,21H,11H2,1-2H3,(H3,17,18,19,20). The Morgan fingerprint density at radius 3 is 2.71 bits per heavy atom. The number of rotatable bonds is 6. The van der Waals surface area contributed by atoms with Gasteiger partial charge in [0, 0.05) is 12.2 Å². The number of hydrogen-bond donors (Lipinski definition) is 3. The molecule has 1 aromatic carbocycles. The molecule has 8 heteroatoms. The van der Waals surface area contributed by atoms with E-state index in [1.54, 1.807) is 56.4 Å². The van der Waals surface area contributed by atoms with Gasteiger partial charge in [-0.2, -0.15) is 0 Å². The Morgan fingerprint density at radius 1 is 1.25 bits per heavy atom. The molecule has 1 aromatic heterocycles. The summed E-state index contributed by atoms with van der Waals surface area (Å²) >= 11 is 0. The molecule has 0 radical (unpaired) electrons. The van der Waals surface area contributed by atoms with Crippen molar-refractivity contribution in [1.82, 2.24) is 9.71 Å². The summed E-state index contributed by atoms with van der Waals surface area (Å²) in [6.45, 7) is 3.81. The van der Waals surface area contributed by atoms with Crippen molar-refractivity contribution in [2.75, 3.05) is 5.32 Å². The molecule has 0 aliphatic heterocycles. The molecule has 0 saturated carbocycles. The Bertz CT molecular complexity index is 804. The topological polar surface area (TPSA) is 109 Å². The molecule has 4 N–H and O–H groups in total. The van der Waals surface area contributed by atoms with Crippen LogP contribution in [0.4, 0.5) is 5.82 Å². The van der Waals surface area contributed by atoms with E-state index in [0.29, 0.717) is 5.82 Å². The second kappa shape index (κ2) is 7.89. The number of aliphatic imine (C=N–C) groups is 1. The lowest BCUT2D eigenvalue weighted by molar-refractivity contribution is 0.569. The van der Waals surface area contributed by atoms with Gasteiger partial charge in [0.15, 0.2) is 5.96 Å². The zero-order valence-corrected chi connectivity index (χ0v) is 14.4. The van der Waals surface area contributed by atoms with Crippen LogP contribution in [0.2, 0.25) is 0 Å². The van der Waals surface area contributed by atoms with Crippen LogP contribution in [-0.2, 0) is 16.6 Å². The highest BCUT2D eigenvalue weighted by atomic mass is 32.2. The Hall–Kier alpha value is -2.45. The fraction of sp³-hybridized carbons (Fsp3) is 0.250. The first kappa shape index (κ1) is 17.9. The summed E-state index contributed by atoms with van der Waals surface area (Å²) in [5.41, 5.74) is 6.55. The van der Waals surface area contributed by atoms with Gasteiger partial charge in [0.25, 0.3) is 0 Å². The van der Waals surface area contributed by atoms with E-state index in [2.05, 4.69) is 20.0 Å². The summed E-state index contributed by atoms with van der Waals surface area (Å²) < 4.78 is 26.9. The Balaban J connectivity index is 2.08. The summed E-state index contributed by atoms with van der Waals surface area (Å²) in [5, 5.41) is 2.87. The molecule has 2 aromatic rings. The molecule has 0 saturated heterocycles. The maximum Gasteiger partial charge on any atom is 0.240 e. The van der Waals surface area contributed by atoms with Crippen LogP contribution in [-0.4, -0.2) is 25.4 Å². The van der Waals surface area contributed by atoms with E-state index in [1.165, 1.54) is 0 Å². The van der Waals surface area contributed by atoms with Crippen molar-refractivity contribution in [3.8, 4) is 0 Å². The first-order valence-corrected chi connectivity index (χ1v) is 8.94. The monoisotopic (exact) mass is 347 g/mol. The van der Waals surface area contributed by atoms with Crippen molar-refractivity contribution in [3.05, 3.63) is 54.2 Å². The van der Waals surface area contributed by atoms with Gasteiger partial charge in [-0.3, -0.25) is 0 Å². The molecule has 2 rings (SSSR count). The van der Waals surface area contributed by atoms with E-state index < -0.39 is 10.0 Å². The highest BCUT2D eigenvalue weighted by molar-refractivity contribution is 7.89. The van der Waals surface area contributed by atoms with Crippen LogP contribution in [0, 0.1) is 0 Å². The summed E-state index contributed by atoms with van der Waals surface area (Å²) in [7, 11) is -3.52. The number of anilines is 1. The van der Waals surface area contributed by atoms with Crippen LogP contribution in [0.1, 0.15) is 19.4 Å². The van der Waals surface area contributed by atoms with Crippen LogP contribution in [0.15, 0.2) is 58.5 Å². The van der Waals surface area contributed by atoms with E-state index in [1.807, 2.05) is 6.07 Å². The third-order valence-corrected chi connectivity index (χ3v) is 4.61. The van der Waals surface area contributed by atoms with Crippen molar-refractivity contribution in [1.29, 1.82) is 0 Å². The van der Waals surface area contributed by atoms with E-state index >= 15 is 0 Å². The largest absolute Gasteiger partial charge is 0.370 e. The van der Waals surface area contributed by atoms with Crippen LogP contribution < -0.4 is 15.8 Å². The van der Waals surface area contributed by atoms with Gasteiger partial charge in [-0.25, -0.2) is 23.1 Å². The Kier molecular flexibility index (Phi) is 5.88. The highest BCUT2D eigenvalue weighted by Gasteiger charge is 2.15. The van der Waals surface area contributed by atoms with Crippen LogP contribution in [0.5, 0.6) is 0 Å². The van der Waals surface area contributed by atoms with Gasteiger partial charge in [-0.15, -0.1) is 0 Å². The number of hydrogen-bond acceptors (Lipinski definition) is 4. The van der Waals surface area contributed by atoms with Gasteiger partial charge < -0.3 is 11.1 Å². The molecule has 7 nitrogen and oxygen atoms in total. The second-order valence-corrected chi connectivity index (χ2v) is 7.18. The number of nitrogens with two attached hydrogens (primary N) is 1. The number of nitrogens with zero attached hydrogens (tertiary/aromatic N) is 2. The van der Waals surface area contributed by atoms with Gasteiger partial charge in [0.2, 0.25) is 10.0 Å². The highest BCUT2D eigenvalue weighted by Crippen LogP contribution is 2.13. The fourth-order valence-corrected chi connectivity index (χ4v) is 3.29. The minimum Gasteiger partial charge on any atom is -0.370 e. The van der Waals surface area contributed by atoms with Crippen LogP contribution >= 0.6 is 0 Å². The molecule has 128 valence electrons. The van der Waals surface area contributed by atoms with Crippen LogP contribution in [0.3, 0.4) is 0 Å². The summed E-state index contributed by atoms with van der Waals surface area (Å²) in [5.74, 6) is 0.804. The number of pyridine rings is 1. The summed E-state index contributed by atoms with van der Waals surface area (Å²) in [6.07, 6.45) is 1.64. The van der Waals surface area contributed by atoms with Gasteiger partial charge in [-0.1, -0.05) is 18.2 Å². The molecule has 1 heterocycles. The van der Waals surface area contributed by atoms with E-state index in [-0.39, 0.29) is 23.4 Å². The van der Waals surface area contributed by atoms with Crippen LogP contribution in [0.25, 0.3) is 0 Å². The maximum absolute atomic E-state index is 12.2. The third kappa shape index (κ3) is 5.32. The molecule has 0 fully saturated rings. The molecule has 0 spiro atoms. The van der Waals surface area contributed by atoms with Crippen molar-refractivity contribution >= 4 is 21.8 Å². The number of nitrogens with one attached hydrogen (secondary N) is 2. The molecule has 0 aliphatic rings. The lowest BCUT2D eigenvalue weighted by atomic mass is 10.2. The predicted octanol–water partition coefficient (Wildman–Crippen LogP) is 1.70. The first-order valence-electron chi connectivity index (χ1n) is 7.46. The minimum atomic E-state index is -3.52. The summed E-state index contributed by atoms with van der Waals surface area (Å²) in [6, 6.07) is 11.8. The normalized spacial score (nSPS) is 12.4. The van der Waals surface area contributed by atoms with Gasteiger partial charge in [-0.05, 0) is 43.7 Å². The molecule has 0 amide bonds. The fourth-order valence-electron chi connectivity index (χ4n) is 1.97. The maximum atomic E-state index is 12.2. The first-order chi connectivity index (χ1) is 11.4. The van der Waals surface area contributed by atoms with Gasteiger partial charge in [0.05, 0.1) is 11.4 Å². The van der Waals surface area contributed by atoms with Gasteiger partial charge >= 0.3 is 0 Å². The average Bonchev–Trinajstić information content (AvgIpc) is 2.53. The number of aromatic nitrogens is 1. The number of guanidine groups is 1. The Labute approximate surface area is 142 Å². The summed E-state index contributed by atoms with van der Waals surface area (Å²) in [4.78, 5) is 8.50. The number of benzene rings is 1.